The van der Waals surface area contributed by atoms with Crippen LogP contribution in [0.4, 0.5) is 4.79 Å². The van der Waals surface area contributed by atoms with Gasteiger partial charge in [-0.2, -0.15) is 0 Å². The molecule has 2 fully saturated rings. The second-order valence-electron chi connectivity index (χ2n) is 6.14. The zero-order chi connectivity index (χ0) is 15.2. The number of nitrogens with zero attached hydrogens (tertiary/aromatic N) is 1. The van der Waals surface area contributed by atoms with E-state index in [1.54, 1.807) is 0 Å². The van der Waals surface area contributed by atoms with Crippen molar-refractivity contribution < 1.29 is 9.53 Å². The number of amides is 1. The van der Waals surface area contributed by atoms with Crippen LogP contribution in [0.25, 0.3) is 0 Å². The summed E-state index contributed by atoms with van der Waals surface area (Å²) in [5, 5.41) is 0.726. The van der Waals surface area contributed by atoms with Crippen molar-refractivity contribution in [2.45, 2.75) is 31.9 Å². The maximum atomic E-state index is 12.3. The molecule has 3 nitrogen and oxygen atoms in total. The summed E-state index contributed by atoms with van der Waals surface area (Å²) in [6.45, 7) is 4.97. The van der Waals surface area contributed by atoms with E-state index in [0.717, 1.165) is 11.4 Å². The van der Waals surface area contributed by atoms with Gasteiger partial charge in [0.25, 0.3) is 0 Å². The molecule has 3 rings (SSSR count). The number of hydrogen-bond acceptors (Lipinski definition) is 2. The minimum Gasteiger partial charge on any atom is -0.444 e. The van der Waals surface area contributed by atoms with E-state index in [0.29, 0.717) is 24.3 Å². The average molecular weight is 328 g/mol. The van der Waals surface area contributed by atoms with Crippen molar-refractivity contribution >= 4 is 29.3 Å². The molecular formula is C16H19Cl2NO2. The van der Waals surface area contributed by atoms with Gasteiger partial charge in [-0.1, -0.05) is 30.7 Å². The molecule has 1 saturated carbocycles. The molecular weight excluding hydrogens is 309 g/mol. The van der Waals surface area contributed by atoms with Gasteiger partial charge in [0.2, 0.25) is 0 Å². The molecule has 21 heavy (non-hydrogen) atoms. The van der Waals surface area contributed by atoms with Crippen molar-refractivity contribution in [2.75, 3.05) is 12.4 Å². The van der Waals surface area contributed by atoms with Crippen LogP contribution < -0.4 is 0 Å². The zero-order valence-corrected chi connectivity index (χ0v) is 13.7. The highest BCUT2D eigenvalue weighted by Gasteiger charge is 2.69. The van der Waals surface area contributed by atoms with Crippen LogP contribution in [0, 0.1) is 11.8 Å². The summed E-state index contributed by atoms with van der Waals surface area (Å²) in [4.78, 5) is 14.1. The Morgan fingerprint density at radius 2 is 2.00 bits per heavy atom. The third-order valence-corrected chi connectivity index (χ3v) is 5.73. The van der Waals surface area contributed by atoms with Crippen LogP contribution in [-0.4, -0.2) is 35.1 Å². The van der Waals surface area contributed by atoms with Gasteiger partial charge in [-0.05, 0) is 37.0 Å². The summed E-state index contributed by atoms with van der Waals surface area (Å²) in [5.74, 6) is 1.15. The Morgan fingerprint density at radius 3 is 2.62 bits per heavy atom. The Labute approximate surface area is 135 Å². The number of benzene rings is 1. The van der Waals surface area contributed by atoms with E-state index >= 15 is 0 Å². The minimum atomic E-state index is -0.238. The van der Waals surface area contributed by atoms with Crippen LogP contribution in [0.15, 0.2) is 24.3 Å². The van der Waals surface area contributed by atoms with Gasteiger partial charge < -0.3 is 9.64 Å². The molecule has 5 heteroatoms. The van der Waals surface area contributed by atoms with E-state index in [9.17, 15) is 4.79 Å². The first-order valence-corrected chi connectivity index (χ1v) is 8.18. The average Bonchev–Trinajstić information content (AvgIpc) is 3.02. The third-order valence-electron chi connectivity index (χ3n) is 5.17. The van der Waals surface area contributed by atoms with Gasteiger partial charge in [-0.15, -0.1) is 11.6 Å². The molecule has 3 unspecified atom stereocenters. The highest BCUT2D eigenvalue weighted by Crippen LogP contribution is 2.59. The maximum absolute atomic E-state index is 12.3. The topological polar surface area (TPSA) is 29.5 Å². The molecule has 1 amide bonds. The highest BCUT2D eigenvalue weighted by atomic mass is 35.5. The summed E-state index contributed by atoms with van der Waals surface area (Å²) in [7, 11) is 0. The van der Waals surface area contributed by atoms with Crippen molar-refractivity contribution in [2.24, 2.45) is 11.8 Å². The molecule has 1 heterocycles. The van der Waals surface area contributed by atoms with Gasteiger partial charge in [0.1, 0.15) is 6.10 Å². The predicted octanol–water partition coefficient (Wildman–Crippen LogP) is 3.97. The number of halogens is 2. The van der Waals surface area contributed by atoms with E-state index in [4.69, 9.17) is 27.9 Å². The lowest BCUT2D eigenvalue weighted by atomic mass is 10.1. The normalized spacial score (nSPS) is 34.4. The van der Waals surface area contributed by atoms with E-state index in [1.807, 2.05) is 29.2 Å². The number of ether oxygens (including phenoxy) is 1. The van der Waals surface area contributed by atoms with Crippen LogP contribution in [0.5, 0.6) is 0 Å². The van der Waals surface area contributed by atoms with Gasteiger partial charge in [-0.3, -0.25) is 0 Å². The van der Waals surface area contributed by atoms with Gasteiger partial charge in [0.15, 0.2) is 0 Å². The molecule has 0 N–H and O–H groups in total. The molecule has 0 radical (unpaired) electrons. The number of fused-ring (bicyclic) bond motifs is 1. The van der Waals surface area contributed by atoms with Crippen LogP contribution in [0.2, 0.25) is 5.02 Å². The second-order valence-corrected chi connectivity index (χ2v) is 6.89. The molecule has 1 aromatic rings. The molecule has 0 spiro atoms. The SMILES string of the molecule is CC1C2C(CCl)OC(=O)N(CCc3ccc(Cl)cc3)[C@]12C. The zero-order valence-electron chi connectivity index (χ0n) is 12.2. The Balaban J connectivity index is 1.70. The lowest BCUT2D eigenvalue weighted by Gasteiger charge is -2.36. The Hall–Kier alpha value is -0.930. The van der Waals surface area contributed by atoms with Gasteiger partial charge in [-0.25, -0.2) is 4.79 Å². The van der Waals surface area contributed by atoms with Crippen molar-refractivity contribution in [1.29, 1.82) is 0 Å². The van der Waals surface area contributed by atoms with Crippen molar-refractivity contribution in [1.82, 2.24) is 4.90 Å². The van der Waals surface area contributed by atoms with Crippen LogP contribution >= 0.6 is 23.2 Å². The molecule has 1 aliphatic carbocycles. The summed E-state index contributed by atoms with van der Waals surface area (Å²) in [6.07, 6.45) is 0.413. The van der Waals surface area contributed by atoms with E-state index in [1.165, 1.54) is 5.56 Å². The standard InChI is InChI=1S/C16H19Cl2NO2/c1-10-14-13(9-17)21-15(20)19(16(10,14)2)8-7-11-3-5-12(18)6-4-11/h3-6,10,13-14H,7-9H2,1-2H3/t10?,13?,14?,16-/m1/s1. The number of cyclic esters (lactones) is 1. The number of alkyl halides is 1. The number of hydrogen-bond donors (Lipinski definition) is 0. The third kappa shape index (κ3) is 2.40. The molecule has 0 bridgehead atoms. The van der Waals surface area contributed by atoms with Gasteiger partial charge >= 0.3 is 6.09 Å². The minimum absolute atomic E-state index is 0.110. The molecule has 1 aliphatic heterocycles. The highest BCUT2D eigenvalue weighted by molar-refractivity contribution is 6.30. The molecule has 4 atom stereocenters. The number of carbonyl (C=O) groups excluding carboxylic acids is 1. The van der Waals surface area contributed by atoms with Gasteiger partial charge in [0, 0.05) is 17.5 Å². The van der Waals surface area contributed by atoms with E-state index < -0.39 is 0 Å². The van der Waals surface area contributed by atoms with Gasteiger partial charge in [0.05, 0.1) is 11.4 Å². The molecule has 1 aromatic carbocycles. The summed E-state index contributed by atoms with van der Waals surface area (Å²) in [5.41, 5.74) is 1.06. The van der Waals surface area contributed by atoms with Crippen molar-refractivity contribution in [3.05, 3.63) is 34.9 Å². The lowest BCUT2D eigenvalue weighted by Crippen LogP contribution is -2.51. The number of rotatable bonds is 4. The first kappa shape index (κ1) is 15.0. The molecule has 114 valence electrons. The summed E-state index contributed by atoms with van der Waals surface area (Å²) in [6, 6.07) is 7.74. The monoisotopic (exact) mass is 327 g/mol. The molecule has 2 aliphatic rings. The molecule has 1 saturated heterocycles. The smallest absolute Gasteiger partial charge is 0.410 e. The molecule has 0 aromatic heterocycles. The van der Waals surface area contributed by atoms with Crippen LogP contribution in [-0.2, 0) is 11.2 Å². The fraction of sp³-hybridized carbons (Fsp3) is 0.562. The van der Waals surface area contributed by atoms with Crippen LogP contribution in [0.1, 0.15) is 19.4 Å². The Morgan fingerprint density at radius 1 is 1.33 bits per heavy atom. The quantitative estimate of drug-likeness (QED) is 0.783. The summed E-state index contributed by atoms with van der Waals surface area (Å²) < 4.78 is 5.48. The fourth-order valence-electron chi connectivity index (χ4n) is 3.69. The first-order chi connectivity index (χ1) is 9.98. The Kier molecular flexibility index (Phi) is 3.83. The van der Waals surface area contributed by atoms with Crippen LogP contribution in [0.3, 0.4) is 0 Å². The van der Waals surface area contributed by atoms with E-state index in [2.05, 4.69) is 13.8 Å². The predicted molar refractivity (Wildman–Crippen MR) is 83.9 cm³/mol. The van der Waals surface area contributed by atoms with Crippen molar-refractivity contribution in [3.63, 3.8) is 0 Å². The lowest BCUT2D eigenvalue weighted by molar-refractivity contribution is 0.00815. The second kappa shape index (κ2) is 5.36. The Bertz CT molecular complexity index is 548. The maximum Gasteiger partial charge on any atom is 0.410 e. The van der Waals surface area contributed by atoms with E-state index in [-0.39, 0.29) is 17.7 Å². The first-order valence-electron chi connectivity index (χ1n) is 7.27. The summed E-state index contributed by atoms with van der Waals surface area (Å²) >= 11 is 11.8. The fourth-order valence-corrected chi connectivity index (χ4v) is 4.07. The van der Waals surface area contributed by atoms with Crippen molar-refractivity contribution in [3.8, 4) is 0 Å². The largest absolute Gasteiger partial charge is 0.444 e. The number of carbonyl (C=O) groups is 1.